The van der Waals surface area contributed by atoms with Crippen molar-refractivity contribution >= 4 is 11.6 Å². The fourth-order valence-corrected chi connectivity index (χ4v) is 2.56. The van der Waals surface area contributed by atoms with Gasteiger partial charge in [0.2, 0.25) is 0 Å². The second kappa shape index (κ2) is 5.24. The van der Waals surface area contributed by atoms with Crippen LogP contribution >= 0.6 is 11.6 Å². The molecule has 0 radical (unpaired) electrons. The predicted molar refractivity (Wildman–Crippen MR) is 79.8 cm³/mol. The van der Waals surface area contributed by atoms with E-state index in [4.69, 9.17) is 22.1 Å². The van der Waals surface area contributed by atoms with Gasteiger partial charge in [-0.3, -0.25) is 0 Å². The number of aryl methyl sites for hydroxylation is 1. The largest absolute Gasteiger partial charge is 0.496 e. The molecule has 19 heavy (non-hydrogen) atoms. The van der Waals surface area contributed by atoms with E-state index in [1.807, 2.05) is 37.3 Å². The quantitative estimate of drug-likeness (QED) is 0.923. The summed E-state index contributed by atoms with van der Waals surface area (Å²) in [6, 6.07) is 13.6. The van der Waals surface area contributed by atoms with Crippen molar-refractivity contribution in [3.63, 3.8) is 0 Å². The zero-order valence-corrected chi connectivity index (χ0v) is 12.2. The summed E-state index contributed by atoms with van der Waals surface area (Å²) in [4.78, 5) is 0. The van der Waals surface area contributed by atoms with Crippen molar-refractivity contribution in [3.05, 3.63) is 64.2 Å². The maximum absolute atomic E-state index is 6.57. The van der Waals surface area contributed by atoms with Gasteiger partial charge in [-0.1, -0.05) is 35.9 Å². The first-order valence-electron chi connectivity index (χ1n) is 6.16. The van der Waals surface area contributed by atoms with Crippen molar-refractivity contribution in [2.75, 3.05) is 7.11 Å². The lowest BCUT2D eigenvalue weighted by atomic mass is 9.83. The zero-order valence-electron chi connectivity index (χ0n) is 11.4. The Bertz CT molecular complexity index is 593. The molecule has 2 aromatic carbocycles. The zero-order chi connectivity index (χ0) is 14.0. The molecule has 0 saturated heterocycles. The monoisotopic (exact) mass is 275 g/mol. The lowest BCUT2D eigenvalue weighted by Gasteiger charge is -2.29. The molecule has 0 amide bonds. The molecule has 100 valence electrons. The summed E-state index contributed by atoms with van der Waals surface area (Å²) >= 11 is 6.10. The molecule has 0 aliphatic carbocycles. The summed E-state index contributed by atoms with van der Waals surface area (Å²) in [6.07, 6.45) is 0. The van der Waals surface area contributed by atoms with E-state index in [1.54, 1.807) is 13.2 Å². The van der Waals surface area contributed by atoms with Crippen LogP contribution in [0.25, 0.3) is 0 Å². The lowest BCUT2D eigenvalue weighted by Crippen LogP contribution is -2.35. The number of benzene rings is 2. The normalized spacial score (nSPS) is 13.9. The third-order valence-electron chi connectivity index (χ3n) is 3.43. The second-order valence-corrected chi connectivity index (χ2v) is 5.30. The molecule has 0 fully saturated rings. The van der Waals surface area contributed by atoms with Crippen LogP contribution in [-0.2, 0) is 5.54 Å². The van der Waals surface area contributed by atoms with Crippen molar-refractivity contribution in [1.29, 1.82) is 0 Å². The molecule has 0 heterocycles. The molecule has 1 unspecified atom stereocenters. The van der Waals surface area contributed by atoms with E-state index < -0.39 is 5.54 Å². The topological polar surface area (TPSA) is 35.2 Å². The summed E-state index contributed by atoms with van der Waals surface area (Å²) < 4.78 is 5.41. The Hall–Kier alpha value is -1.51. The van der Waals surface area contributed by atoms with E-state index in [0.717, 1.165) is 22.4 Å². The molecule has 0 aliphatic heterocycles. The third-order valence-corrected chi connectivity index (χ3v) is 3.66. The maximum Gasteiger partial charge on any atom is 0.124 e. The van der Waals surface area contributed by atoms with Gasteiger partial charge in [0.1, 0.15) is 5.75 Å². The Labute approximate surface area is 119 Å². The van der Waals surface area contributed by atoms with Gasteiger partial charge in [-0.05, 0) is 43.2 Å². The SMILES string of the molecule is COc1ccc(Cl)cc1C(C)(N)c1ccccc1C. The highest BCUT2D eigenvalue weighted by Crippen LogP contribution is 2.36. The molecule has 2 nitrogen and oxygen atoms in total. The molecule has 1 atom stereocenters. The smallest absolute Gasteiger partial charge is 0.124 e. The van der Waals surface area contributed by atoms with Crippen LogP contribution in [0.2, 0.25) is 5.02 Å². The molecule has 3 heteroatoms. The molecular formula is C16H18ClNO. The van der Waals surface area contributed by atoms with Gasteiger partial charge in [0.25, 0.3) is 0 Å². The molecule has 0 spiro atoms. The van der Waals surface area contributed by atoms with Gasteiger partial charge in [-0.2, -0.15) is 0 Å². The fourth-order valence-electron chi connectivity index (χ4n) is 2.39. The van der Waals surface area contributed by atoms with Crippen molar-refractivity contribution in [1.82, 2.24) is 0 Å². The first kappa shape index (κ1) is 13.9. The summed E-state index contributed by atoms with van der Waals surface area (Å²) in [7, 11) is 1.64. The minimum atomic E-state index is -0.651. The van der Waals surface area contributed by atoms with E-state index >= 15 is 0 Å². The number of ether oxygens (including phenoxy) is 1. The Kier molecular flexibility index (Phi) is 3.83. The van der Waals surface area contributed by atoms with Crippen LogP contribution in [0.5, 0.6) is 5.75 Å². The number of hydrogen-bond acceptors (Lipinski definition) is 2. The Morgan fingerprint density at radius 2 is 1.79 bits per heavy atom. The minimum Gasteiger partial charge on any atom is -0.496 e. The number of hydrogen-bond donors (Lipinski definition) is 1. The van der Waals surface area contributed by atoms with E-state index in [1.165, 1.54) is 0 Å². The van der Waals surface area contributed by atoms with Gasteiger partial charge in [0.15, 0.2) is 0 Å². The highest BCUT2D eigenvalue weighted by molar-refractivity contribution is 6.30. The van der Waals surface area contributed by atoms with Crippen LogP contribution in [-0.4, -0.2) is 7.11 Å². The van der Waals surface area contributed by atoms with Gasteiger partial charge in [0, 0.05) is 10.6 Å². The molecule has 0 bridgehead atoms. The third kappa shape index (κ3) is 2.60. The molecule has 0 aromatic heterocycles. The maximum atomic E-state index is 6.57. The highest BCUT2D eigenvalue weighted by atomic mass is 35.5. The van der Waals surface area contributed by atoms with Gasteiger partial charge < -0.3 is 10.5 Å². The van der Waals surface area contributed by atoms with Crippen LogP contribution in [0.1, 0.15) is 23.6 Å². The molecule has 0 saturated carbocycles. The molecular weight excluding hydrogens is 258 g/mol. The first-order valence-corrected chi connectivity index (χ1v) is 6.53. The molecule has 2 N–H and O–H groups in total. The molecule has 2 aromatic rings. The number of halogens is 1. The standard InChI is InChI=1S/C16H18ClNO/c1-11-6-4-5-7-13(11)16(2,18)14-10-12(17)8-9-15(14)19-3/h4-10H,18H2,1-3H3. The van der Waals surface area contributed by atoms with E-state index in [9.17, 15) is 0 Å². The Morgan fingerprint density at radius 1 is 1.11 bits per heavy atom. The van der Waals surface area contributed by atoms with Crippen LogP contribution < -0.4 is 10.5 Å². The number of methoxy groups -OCH3 is 1. The van der Waals surface area contributed by atoms with Crippen LogP contribution in [0.4, 0.5) is 0 Å². The Morgan fingerprint density at radius 3 is 2.42 bits per heavy atom. The summed E-state index contributed by atoms with van der Waals surface area (Å²) in [6.45, 7) is 4.03. The summed E-state index contributed by atoms with van der Waals surface area (Å²) in [5, 5.41) is 0.654. The Balaban J connectivity index is 2.62. The van der Waals surface area contributed by atoms with E-state index in [2.05, 4.69) is 13.0 Å². The highest BCUT2D eigenvalue weighted by Gasteiger charge is 2.28. The summed E-state index contributed by atoms with van der Waals surface area (Å²) in [5.74, 6) is 0.748. The van der Waals surface area contributed by atoms with Crippen molar-refractivity contribution in [3.8, 4) is 5.75 Å². The summed E-state index contributed by atoms with van der Waals surface area (Å²) in [5.41, 5.74) is 9.01. The minimum absolute atomic E-state index is 0.651. The van der Waals surface area contributed by atoms with Crippen molar-refractivity contribution in [2.45, 2.75) is 19.4 Å². The number of rotatable bonds is 3. The average Bonchev–Trinajstić information content (AvgIpc) is 2.39. The van der Waals surface area contributed by atoms with Gasteiger partial charge in [0.05, 0.1) is 12.6 Å². The van der Waals surface area contributed by atoms with E-state index in [0.29, 0.717) is 5.02 Å². The fraction of sp³-hybridized carbons (Fsp3) is 0.250. The van der Waals surface area contributed by atoms with Crippen LogP contribution in [0.15, 0.2) is 42.5 Å². The predicted octanol–water partition coefficient (Wildman–Crippen LogP) is 3.88. The molecule has 2 rings (SSSR count). The molecule has 0 aliphatic rings. The lowest BCUT2D eigenvalue weighted by molar-refractivity contribution is 0.398. The van der Waals surface area contributed by atoms with Crippen molar-refractivity contribution < 1.29 is 4.74 Å². The van der Waals surface area contributed by atoms with Gasteiger partial charge >= 0.3 is 0 Å². The number of nitrogens with two attached hydrogens (primary N) is 1. The van der Waals surface area contributed by atoms with Crippen LogP contribution in [0.3, 0.4) is 0 Å². The van der Waals surface area contributed by atoms with E-state index in [-0.39, 0.29) is 0 Å². The van der Waals surface area contributed by atoms with Gasteiger partial charge in [-0.25, -0.2) is 0 Å². The van der Waals surface area contributed by atoms with Crippen molar-refractivity contribution in [2.24, 2.45) is 5.73 Å². The second-order valence-electron chi connectivity index (χ2n) is 4.86. The first-order chi connectivity index (χ1) is 8.96. The van der Waals surface area contributed by atoms with Gasteiger partial charge in [-0.15, -0.1) is 0 Å². The van der Waals surface area contributed by atoms with Crippen LogP contribution in [0, 0.1) is 6.92 Å². The average molecular weight is 276 g/mol.